The van der Waals surface area contributed by atoms with E-state index in [2.05, 4.69) is 29.1 Å². The maximum atomic E-state index is 11.4. The molecule has 0 bridgehead atoms. The number of nitrogens with zero attached hydrogens (tertiary/aromatic N) is 2. The lowest BCUT2D eigenvalue weighted by Gasteiger charge is -2.42. The molecule has 0 radical (unpaired) electrons. The fraction of sp³-hybridized carbons (Fsp3) is 0.909. The Hall–Kier alpha value is -0.650. The van der Waals surface area contributed by atoms with Crippen molar-refractivity contribution >= 4 is 5.91 Å². The molecule has 0 saturated carbocycles. The number of rotatable bonds is 4. The van der Waals surface area contributed by atoms with Crippen LogP contribution in [0.2, 0.25) is 0 Å². The summed E-state index contributed by atoms with van der Waals surface area (Å²) in [5.41, 5.74) is 5.77. The summed E-state index contributed by atoms with van der Waals surface area (Å²) in [7, 11) is 3.80. The van der Waals surface area contributed by atoms with Crippen molar-refractivity contribution in [1.82, 2.24) is 15.1 Å². The van der Waals surface area contributed by atoms with Crippen molar-refractivity contribution in [2.75, 3.05) is 40.3 Å². The number of carbonyl (C=O) groups is 1. The van der Waals surface area contributed by atoms with Gasteiger partial charge in [0.15, 0.2) is 0 Å². The van der Waals surface area contributed by atoms with Gasteiger partial charge in [0, 0.05) is 51.7 Å². The van der Waals surface area contributed by atoms with Crippen molar-refractivity contribution < 1.29 is 4.79 Å². The third kappa shape index (κ3) is 3.43. The first-order valence-electron chi connectivity index (χ1n) is 5.93. The van der Waals surface area contributed by atoms with Crippen molar-refractivity contribution in [2.45, 2.75) is 25.4 Å². The van der Waals surface area contributed by atoms with Crippen molar-refractivity contribution in [3.8, 4) is 0 Å². The van der Waals surface area contributed by atoms with Gasteiger partial charge in [-0.05, 0) is 14.0 Å². The first kappa shape index (κ1) is 13.4. The lowest BCUT2D eigenvalue weighted by Crippen LogP contribution is -2.56. The number of likely N-dealkylation sites (N-methyl/N-ethyl adjacent to an activating group) is 1. The van der Waals surface area contributed by atoms with E-state index in [1.165, 1.54) is 0 Å². The van der Waals surface area contributed by atoms with Gasteiger partial charge < -0.3 is 16.0 Å². The van der Waals surface area contributed by atoms with Crippen LogP contribution in [0.25, 0.3) is 0 Å². The summed E-state index contributed by atoms with van der Waals surface area (Å²) in [5, 5.41) is 2.66. The monoisotopic (exact) mass is 228 g/mol. The first-order chi connectivity index (χ1) is 7.58. The highest BCUT2D eigenvalue weighted by Gasteiger charge is 2.28. The van der Waals surface area contributed by atoms with Crippen molar-refractivity contribution in [3.05, 3.63) is 0 Å². The van der Waals surface area contributed by atoms with E-state index in [-0.39, 0.29) is 11.9 Å². The topological polar surface area (TPSA) is 61.6 Å². The fourth-order valence-corrected chi connectivity index (χ4v) is 2.35. The van der Waals surface area contributed by atoms with E-state index in [1.54, 1.807) is 7.05 Å². The summed E-state index contributed by atoms with van der Waals surface area (Å²) in [4.78, 5) is 16.1. The van der Waals surface area contributed by atoms with Crippen molar-refractivity contribution in [1.29, 1.82) is 0 Å². The molecule has 16 heavy (non-hydrogen) atoms. The molecule has 5 heteroatoms. The summed E-state index contributed by atoms with van der Waals surface area (Å²) in [5.74, 6) is 0.0709. The molecule has 5 nitrogen and oxygen atoms in total. The summed E-state index contributed by atoms with van der Waals surface area (Å²) >= 11 is 0. The zero-order valence-electron chi connectivity index (χ0n) is 10.6. The van der Waals surface area contributed by atoms with Crippen molar-refractivity contribution in [2.24, 2.45) is 5.73 Å². The first-order valence-corrected chi connectivity index (χ1v) is 5.93. The van der Waals surface area contributed by atoms with E-state index in [0.29, 0.717) is 19.0 Å². The molecule has 1 saturated heterocycles. The van der Waals surface area contributed by atoms with Gasteiger partial charge in [-0.25, -0.2) is 0 Å². The number of hydrogen-bond acceptors (Lipinski definition) is 4. The summed E-state index contributed by atoms with van der Waals surface area (Å²) in [6.07, 6.45) is 0.501. The molecule has 1 heterocycles. The zero-order valence-corrected chi connectivity index (χ0v) is 10.6. The van der Waals surface area contributed by atoms with Gasteiger partial charge in [-0.2, -0.15) is 0 Å². The summed E-state index contributed by atoms with van der Waals surface area (Å²) < 4.78 is 0. The van der Waals surface area contributed by atoms with Crippen molar-refractivity contribution in [3.63, 3.8) is 0 Å². The molecule has 2 unspecified atom stereocenters. The lowest BCUT2D eigenvalue weighted by atomic mass is 10.1. The minimum absolute atomic E-state index is 0.0709. The van der Waals surface area contributed by atoms with Gasteiger partial charge >= 0.3 is 0 Å². The lowest BCUT2D eigenvalue weighted by molar-refractivity contribution is -0.122. The second-order valence-corrected chi connectivity index (χ2v) is 4.62. The Bertz CT molecular complexity index is 234. The number of carbonyl (C=O) groups excluding carboxylic acids is 1. The highest BCUT2D eigenvalue weighted by Crippen LogP contribution is 2.13. The second-order valence-electron chi connectivity index (χ2n) is 4.62. The Morgan fingerprint density at radius 2 is 2.25 bits per heavy atom. The average Bonchev–Trinajstić information content (AvgIpc) is 2.26. The molecule has 1 rings (SSSR count). The number of nitrogens with one attached hydrogen (secondary N) is 1. The minimum Gasteiger partial charge on any atom is -0.359 e. The van der Waals surface area contributed by atoms with E-state index in [0.717, 1.165) is 19.6 Å². The molecule has 94 valence electrons. The second kappa shape index (κ2) is 6.18. The fourth-order valence-electron chi connectivity index (χ4n) is 2.35. The van der Waals surface area contributed by atoms with Crippen LogP contribution >= 0.6 is 0 Å². The van der Waals surface area contributed by atoms with Crippen LogP contribution in [0.5, 0.6) is 0 Å². The molecule has 1 amide bonds. The number of piperazine rings is 1. The molecular formula is C11H24N4O. The average molecular weight is 228 g/mol. The van der Waals surface area contributed by atoms with Gasteiger partial charge in [-0.3, -0.25) is 9.69 Å². The van der Waals surface area contributed by atoms with E-state index >= 15 is 0 Å². The van der Waals surface area contributed by atoms with Gasteiger partial charge in [0.25, 0.3) is 0 Å². The third-order valence-electron chi connectivity index (χ3n) is 3.32. The van der Waals surface area contributed by atoms with Crippen LogP contribution < -0.4 is 11.1 Å². The van der Waals surface area contributed by atoms with Gasteiger partial charge in [0.05, 0.1) is 0 Å². The van der Waals surface area contributed by atoms with Crippen LogP contribution in [0.15, 0.2) is 0 Å². The number of hydrogen-bond donors (Lipinski definition) is 2. The standard InChI is InChI=1S/C11H24N4O/c1-9-8-14(3)4-5-15(9)10(7-12)6-11(16)13-2/h9-10H,4-8,12H2,1-3H3,(H,13,16). The van der Waals surface area contributed by atoms with E-state index in [1.807, 2.05) is 0 Å². The predicted octanol–water partition coefficient (Wildman–Crippen LogP) is -0.914. The third-order valence-corrected chi connectivity index (χ3v) is 3.32. The van der Waals surface area contributed by atoms with Crippen LogP contribution in [-0.4, -0.2) is 68.1 Å². The largest absolute Gasteiger partial charge is 0.359 e. The Morgan fingerprint density at radius 3 is 2.75 bits per heavy atom. The SMILES string of the molecule is CNC(=O)CC(CN)N1CCN(C)CC1C. The molecule has 1 fully saturated rings. The molecule has 1 aliphatic heterocycles. The van der Waals surface area contributed by atoms with Gasteiger partial charge in [-0.1, -0.05) is 0 Å². The van der Waals surface area contributed by atoms with Gasteiger partial charge in [0.2, 0.25) is 5.91 Å². The maximum Gasteiger partial charge on any atom is 0.221 e. The van der Waals surface area contributed by atoms with E-state index < -0.39 is 0 Å². The van der Waals surface area contributed by atoms with Crippen LogP contribution in [0.1, 0.15) is 13.3 Å². The minimum atomic E-state index is 0.0709. The molecule has 0 aromatic heterocycles. The number of amides is 1. The molecule has 1 aliphatic rings. The van der Waals surface area contributed by atoms with Gasteiger partial charge in [-0.15, -0.1) is 0 Å². The Kier molecular flexibility index (Phi) is 5.18. The smallest absolute Gasteiger partial charge is 0.221 e. The quantitative estimate of drug-likeness (QED) is 0.654. The predicted molar refractivity (Wildman–Crippen MR) is 65.2 cm³/mol. The van der Waals surface area contributed by atoms with Crippen LogP contribution in [0, 0.1) is 0 Å². The molecule has 0 aromatic carbocycles. The highest BCUT2D eigenvalue weighted by atomic mass is 16.1. The number of nitrogens with two attached hydrogens (primary N) is 1. The molecule has 2 atom stereocenters. The Morgan fingerprint density at radius 1 is 1.56 bits per heavy atom. The van der Waals surface area contributed by atoms with E-state index in [9.17, 15) is 4.79 Å². The Balaban J connectivity index is 2.55. The molecular weight excluding hydrogens is 204 g/mol. The normalized spacial score (nSPS) is 25.4. The van der Waals surface area contributed by atoms with Crippen LogP contribution in [0.3, 0.4) is 0 Å². The van der Waals surface area contributed by atoms with E-state index in [4.69, 9.17) is 5.73 Å². The Labute approximate surface area is 98.0 Å². The molecule has 0 aliphatic carbocycles. The maximum absolute atomic E-state index is 11.4. The zero-order chi connectivity index (χ0) is 12.1. The summed E-state index contributed by atoms with van der Waals surface area (Å²) in [6, 6.07) is 0.639. The molecule has 0 spiro atoms. The molecule has 3 N–H and O–H groups in total. The molecule has 0 aromatic rings. The summed E-state index contributed by atoms with van der Waals surface area (Å²) in [6.45, 7) is 5.83. The highest BCUT2D eigenvalue weighted by molar-refractivity contribution is 5.76. The van der Waals surface area contributed by atoms with Crippen LogP contribution in [0.4, 0.5) is 0 Å². The van der Waals surface area contributed by atoms with Crippen LogP contribution in [-0.2, 0) is 4.79 Å². The van der Waals surface area contributed by atoms with Gasteiger partial charge in [0.1, 0.15) is 0 Å².